The summed E-state index contributed by atoms with van der Waals surface area (Å²) in [4.78, 5) is 20.3. The molecule has 30 heavy (non-hydrogen) atoms. The maximum Gasteiger partial charge on any atom is 0.285 e. The van der Waals surface area contributed by atoms with E-state index in [-0.39, 0.29) is 17.4 Å². The van der Waals surface area contributed by atoms with Gasteiger partial charge in [0.2, 0.25) is 5.89 Å². The second kappa shape index (κ2) is 7.21. The first kappa shape index (κ1) is 18.7. The zero-order valence-electron chi connectivity index (χ0n) is 17.3. The predicted octanol–water partition coefficient (Wildman–Crippen LogP) is 3.17. The van der Waals surface area contributed by atoms with Crippen molar-refractivity contribution in [1.29, 1.82) is 0 Å². The van der Waals surface area contributed by atoms with Crippen molar-refractivity contribution in [3.8, 4) is 22.6 Å². The minimum Gasteiger partial charge on any atom is -0.420 e. The van der Waals surface area contributed by atoms with Crippen LogP contribution in [0.3, 0.4) is 0 Å². The van der Waals surface area contributed by atoms with Crippen molar-refractivity contribution in [1.82, 2.24) is 29.7 Å². The maximum absolute atomic E-state index is 13.3. The van der Waals surface area contributed by atoms with E-state index < -0.39 is 0 Å². The lowest BCUT2D eigenvalue weighted by Gasteiger charge is -2.27. The van der Waals surface area contributed by atoms with Gasteiger partial charge in [0, 0.05) is 17.8 Å². The van der Waals surface area contributed by atoms with Crippen molar-refractivity contribution in [2.45, 2.75) is 32.6 Å². The average molecular weight is 404 g/mol. The molecule has 1 fully saturated rings. The van der Waals surface area contributed by atoms with Gasteiger partial charge in [0.05, 0.1) is 11.6 Å². The molecule has 3 aromatic heterocycles. The Labute approximate surface area is 173 Å². The molecule has 4 heterocycles. The van der Waals surface area contributed by atoms with E-state index in [0.29, 0.717) is 22.8 Å². The molecule has 0 spiro atoms. The van der Waals surface area contributed by atoms with Gasteiger partial charge in [-0.1, -0.05) is 30.3 Å². The molecule has 0 aliphatic carbocycles. The standard InChI is InChI=1S/C22H24N6O2/c1-13-18(21-25-24-20(30-21)16-10-7-11-27(3)12-16)22(29)28-19(23-13)17(14(2)26-28)15-8-5-4-6-9-15/h4-6,8-9,16,26H,7,10-12H2,1-3H3. The molecule has 1 aliphatic heterocycles. The van der Waals surface area contributed by atoms with Crippen molar-refractivity contribution < 1.29 is 4.42 Å². The molecule has 0 bridgehead atoms. The summed E-state index contributed by atoms with van der Waals surface area (Å²) in [5, 5.41) is 11.6. The Morgan fingerprint density at radius 1 is 1.13 bits per heavy atom. The van der Waals surface area contributed by atoms with E-state index in [1.807, 2.05) is 44.2 Å². The van der Waals surface area contributed by atoms with Gasteiger partial charge in [-0.25, -0.2) is 9.50 Å². The highest BCUT2D eigenvalue weighted by atomic mass is 16.4. The van der Waals surface area contributed by atoms with Crippen LogP contribution in [-0.4, -0.2) is 49.8 Å². The normalized spacial score (nSPS) is 17.6. The van der Waals surface area contributed by atoms with Crippen molar-refractivity contribution >= 4 is 5.65 Å². The first-order chi connectivity index (χ1) is 14.5. The van der Waals surface area contributed by atoms with E-state index in [1.54, 1.807) is 0 Å². The number of hydrogen-bond donors (Lipinski definition) is 1. The Morgan fingerprint density at radius 2 is 1.93 bits per heavy atom. The van der Waals surface area contributed by atoms with Gasteiger partial charge >= 0.3 is 0 Å². The molecule has 154 valence electrons. The largest absolute Gasteiger partial charge is 0.420 e. The van der Waals surface area contributed by atoms with E-state index in [0.717, 1.165) is 42.8 Å². The molecule has 8 nitrogen and oxygen atoms in total. The first-order valence-electron chi connectivity index (χ1n) is 10.2. The fourth-order valence-electron chi connectivity index (χ4n) is 4.36. The maximum atomic E-state index is 13.3. The zero-order valence-corrected chi connectivity index (χ0v) is 17.3. The Kier molecular flexibility index (Phi) is 4.51. The summed E-state index contributed by atoms with van der Waals surface area (Å²) in [5.41, 5.74) is 4.08. The molecule has 0 amide bonds. The fourth-order valence-corrected chi connectivity index (χ4v) is 4.36. The lowest BCUT2D eigenvalue weighted by atomic mass is 9.99. The number of nitrogens with one attached hydrogen (secondary N) is 1. The predicted molar refractivity (Wildman–Crippen MR) is 113 cm³/mol. The number of H-pyrrole nitrogens is 1. The van der Waals surface area contributed by atoms with E-state index in [9.17, 15) is 4.79 Å². The quantitative estimate of drug-likeness (QED) is 0.564. The lowest BCUT2D eigenvalue weighted by molar-refractivity contribution is 0.230. The Morgan fingerprint density at radius 3 is 2.70 bits per heavy atom. The molecule has 0 saturated carbocycles. The summed E-state index contributed by atoms with van der Waals surface area (Å²) in [6.45, 7) is 5.71. The van der Waals surface area contributed by atoms with E-state index in [2.05, 4.69) is 27.2 Å². The summed E-state index contributed by atoms with van der Waals surface area (Å²) in [6, 6.07) is 9.93. The molecule has 1 unspecified atom stereocenters. The monoisotopic (exact) mass is 404 g/mol. The number of aryl methyl sites for hydroxylation is 2. The molecule has 0 radical (unpaired) electrons. The zero-order chi connectivity index (χ0) is 20.8. The smallest absolute Gasteiger partial charge is 0.285 e. The SMILES string of the molecule is Cc1nc2c(-c3ccccc3)c(C)[nH]n2c(=O)c1-c1nnc(C2CCCN(C)C2)o1. The van der Waals surface area contributed by atoms with Crippen LogP contribution in [0.25, 0.3) is 28.2 Å². The van der Waals surface area contributed by atoms with Crippen molar-refractivity contribution in [2.75, 3.05) is 20.1 Å². The Hall–Kier alpha value is -3.26. The molecule has 1 aromatic carbocycles. The van der Waals surface area contributed by atoms with Gasteiger partial charge in [0.25, 0.3) is 11.4 Å². The van der Waals surface area contributed by atoms with Crippen LogP contribution < -0.4 is 5.56 Å². The van der Waals surface area contributed by atoms with Crippen molar-refractivity contribution in [2.24, 2.45) is 0 Å². The summed E-state index contributed by atoms with van der Waals surface area (Å²) >= 11 is 0. The third-order valence-corrected chi connectivity index (χ3v) is 5.83. The van der Waals surface area contributed by atoms with Gasteiger partial charge in [0.1, 0.15) is 5.56 Å². The van der Waals surface area contributed by atoms with Crippen LogP contribution in [0, 0.1) is 13.8 Å². The van der Waals surface area contributed by atoms with Gasteiger partial charge in [-0.15, -0.1) is 10.2 Å². The van der Waals surface area contributed by atoms with Crippen LogP contribution in [0.15, 0.2) is 39.5 Å². The van der Waals surface area contributed by atoms with Crippen LogP contribution in [0.5, 0.6) is 0 Å². The summed E-state index contributed by atoms with van der Waals surface area (Å²) in [5.74, 6) is 1.02. The van der Waals surface area contributed by atoms with Crippen LogP contribution in [0.4, 0.5) is 0 Å². The molecule has 4 aromatic rings. The summed E-state index contributed by atoms with van der Waals surface area (Å²) in [7, 11) is 2.09. The van der Waals surface area contributed by atoms with Gasteiger partial charge in [-0.3, -0.25) is 9.89 Å². The van der Waals surface area contributed by atoms with Crippen molar-refractivity contribution in [3.63, 3.8) is 0 Å². The molecule has 1 saturated heterocycles. The molecule has 8 heteroatoms. The highest BCUT2D eigenvalue weighted by molar-refractivity contribution is 5.80. The van der Waals surface area contributed by atoms with Gasteiger partial charge in [-0.05, 0) is 45.8 Å². The third-order valence-electron chi connectivity index (χ3n) is 5.83. The van der Waals surface area contributed by atoms with E-state index in [1.165, 1.54) is 4.52 Å². The number of nitrogens with zero attached hydrogens (tertiary/aromatic N) is 5. The minimum absolute atomic E-state index is 0.196. The minimum atomic E-state index is -0.237. The number of fused-ring (bicyclic) bond motifs is 1. The number of rotatable bonds is 3. The molecular weight excluding hydrogens is 380 g/mol. The molecule has 1 aliphatic rings. The number of benzene rings is 1. The molecular formula is C22H24N6O2. The molecule has 1 atom stereocenters. The average Bonchev–Trinajstić information content (AvgIpc) is 3.33. The van der Waals surface area contributed by atoms with Gasteiger partial charge in [0.15, 0.2) is 5.65 Å². The lowest BCUT2D eigenvalue weighted by Crippen LogP contribution is -2.30. The van der Waals surface area contributed by atoms with E-state index >= 15 is 0 Å². The fraction of sp³-hybridized carbons (Fsp3) is 0.364. The Balaban J connectivity index is 1.61. The summed E-state index contributed by atoms with van der Waals surface area (Å²) < 4.78 is 7.44. The number of hydrogen-bond acceptors (Lipinski definition) is 6. The van der Waals surface area contributed by atoms with Gasteiger partial charge < -0.3 is 9.32 Å². The topological polar surface area (TPSA) is 92.3 Å². The second-order valence-electron chi connectivity index (χ2n) is 8.06. The van der Waals surface area contributed by atoms with Crippen molar-refractivity contribution in [3.05, 3.63) is 58.0 Å². The molecule has 1 N–H and O–H groups in total. The Bertz CT molecular complexity index is 1270. The number of likely N-dealkylation sites (tertiary alicyclic amines) is 1. The van der Waals surface area contributed by atoms with Gasteiger partial charge in [-0.2, -0.15) is 0 Å². The number of piperidine rings is 1. The first-order valence-corrected chi connectivity index (χ1v) is 10.2. The number of aromatic nitrogens is 5. The number of aromatic amines is 1. The second-order valence-corrected chi connectivity index (χ2v) is 8.06. The highest BCUT2D eigenvalue weighted by Gasteiger charge is 2.26. The van der Waals surface area contributed by atoms with Crippen LogP contribution >= 0.6 is 0 Å². The third kappa shape index (κ3) is 3.04. The summed E-state index contributed by atoms with van der Waals surface area (Å²) in [6.07, 6.45) is 2.11. The van der Waals surface area contributed by atoms with Crippen LogP contribution in [0.2, 0.25) is 0 Å². The number of likely N-dealkylation sites (N-methyl/N-ethyl adjacent to an activating group) is 1. The van der Waals surface area contributed by atoms with Crippen LogP contribution in [0.1, 0.15) is 36.0 Å². The van der Waals surface area contributed by atoms with Crippen LogP contribution in [-0.2, 0) is 0 Å². The highest BCUT2D eigenvalue weighted by Crippen LogP contribution is 2.30. The van der Waals surface area contributed by atoms with E-state index in [4.69, 9.17) is 9.40 Å². The molecule has 5 rings (SSSR count).